The average Bonchev–Trinajstić information content (AvgIpc) is 2.39. The molecule has 0 bridgehead atoms. The first-order valence-corrected chi connectivity index (χ1v) is 6.85. The molecule has 2 N–H and O–H groups in total. The minimum absolute atomic E-state index is 0.0500. The first-order valence-electron chi connectivity index (χ1n) is 6.85. The van der Waals surface area contributed by atoms with E-state index in [0.29, 0.717) is 0 Å². The van der Waals surface area contributed by atoms with Crippen molar-refractivity contribution in [2.75, 3.05) is 0 Å². The maximum atomic E-state index is 11.9. The van der Waals surface area contributed by atoms with Crippen molar-refractivity contribution >= 4 is 6.03 Å². The monoisotopic (exact) mass is 246 g/mol. The molecule has 1 aromatic carbocycles. The lowest BCUT2D eigenvalue weighted by Crippen LogP contribution is -2.42. The second-order valence-electron chi connectivity index (χ2n) is 5.07. The normalized spacial score (nSPS) is 19.8. The van der Waals surface area contributed by atoms with Gasteiger partial charge in [-0.3, -0.25) is 0 Å². The Labute approximate surface area is 109 Å². The maximum absolute atomic E-state index is 11.9. The summed E-state index contributed by atoms with van der Waals surface area (Å²) in [6, 6.07) is 8.75. The molecule has 98 valence electrons. The van der Waals surface area contributed by atoms with Crippen LogP contribution in [0.5, 0.6) is 0 Å². The van der Waals surface area contributed by atoms with Gasteiger partial charge in [0.2, 0.25) is 0 Å². The molecule has 0 fully saturated rings. The van der Waals surface area contributed by atoms with E-state index in [1.807, 2.05) is 13.0 Å². The second kappa shape index (κ2) is 5.89. The van der Waals surface area contributed by atoms with Crippen LogP contribution in [0.4, 0.5) is 4.79 Å². The van der Waals surface area contributed by atoms with Crippen LogP contribution in [0.1, 0.15) is 50.3 Å². The third-order valence-electron chi connectivity index (χ3n) is 3.66. The number of benzene rings is 1. The van der Waals surface area contributed by atoms with Crippen LogP contribution < -0.4 is 10.6 Å². The summed E-state index contributed by atoms with van der Waals surface area (Å²) in [6.45, 7) is 4.09. The molecule has 0 heterocycles. The van der Waals surface area contributed by atoms with E-state index in [4.69, 9.17) is 0 Å². The fourth-order valence-electron chi connectivity index (χ4n) is 2.43. The maximum Gasteiger partial charge on any atom is 0.315 e. The number of hydrogen-bond acceptors (Lipinski definition) is 1. The molecule has 18 heavy (non-hydrogen) atoms. The van der Waals surface area contributed by atoms with Crippen molar-refractivity contribution in [3.63, 3.8) is 0 Å². The van der Waals surface area contributed by atoms with Crippen LogP contribution in [0.3, 0.4) is 0 Å². The topological polar surface area (TPSA) is 41.1 Å². The van der Waals surface area contributed by atoms with Gasteiger partial charge in [0.25, 0.3) is 0 Å². The van der Waals surface area contributed by atoms with E-state index in [2.05, 4.69) is 35.8 Å². The number of fused-ring (bicyclic) bond motifs is 1. The summed E-state index contributed by atoms with van der Waals surface area (Å²) in [5.74, 6) is 0. The van der Waals surface area contributed by atoms with Gasteiger partial charge in [0.15, 0.2) is 0 Å². The Bertz CT molecular complexity index is 417. The zero-order valence-corrected chi connectivity index (χ0v) is 11.2. The van der Waals surface area contributed by atoms with Crippen molar-refractivity contribution in [1.82, 2.24) is 10.6 Å². The Balaban J connectivity index is 2.01. The molecule has 0 saturated heterocycles. The molecule has 0 aromatic heterocycles. The molecule has 0 radical (unpaired) electrons. The van der Waals surface area contributed by atoms with E-state index in [9.17, 15) is 4.79 Å². The molecule has 1 aromatic rings. The molecule has 2 amide bonds. The van der Waals surface area contributed by atoms with Gasteiger partial charge in [-0.1, -0.05) is 31.2 Å². The van der Waals surface area contributed by atoms with Gasteiger partial charge in [-0.15, -0.1) is 0 Å². The Morgan fingerprint density at radius 3 is 3.00 bits per heavy atom. The number of carbonyl (C=O) groups excluding carboxylic acids is 1. The Morgan fingerprint density at radius 1 is 1.44 bits per heavy atom. The van der Waals surface area contributed by atoms with Crippen molar-refractivity contribution in [2.24, 2.45) is 0 Å². The summed E-state index contributed by atoms with van der Waals surface area (Å²) in [5, 5.41) is 6.05. The van der Waals surface area contributed by atoms with Crippen molar-refractivity contribution in [1.29, 1.82) is 0 Å². The predicted octanol–water partition coefficient (Wildman–Crippen LogP) is 3.16. The van der Waals surface area contributed by atoms with Gasteiger partial charge in [0.1, 0.15) is 0 Å². The number of nitrogens with one attached hydrogen (secondary N) is 2. The third-order valence-corrected chi connectivity index (χ3v) is 3.66. The van der Waals surface area contributed by atoms with Gasteiger partial charge in [0.05, 0.1) is 6.04 Å². The lowest BCUT2D eigenvalue weighted by Gasteiger charge is -2.27. The first kappa shape index (κ1) is 12.9. The lowest BCUT2D eigenvalue weighted by molar-refractivity contribution is 0.232. The summed E-state index contributed by atoms with van der Waals surface area (Å²) in [4.78, 5) is 11.9. The molecule has 2 rings (SSSR count). The zero-order valence-electron chi connectivity index (χ0n) is 11.2. The van der Waals surface area contributed by atoms with Gasteiger partial charge in [0, 0.05) is 6.04 Å². The molecule has 0 aliphatic heterocycles. The summed E-state index contributed by atoms with van der Waals surface area (Å²) < 4.78 is 0. The molecule has 1 aliphatic carbocycles. The summed E-state index contributed by atoms with van der Waals surface area (Å²) in [5.41, 5.74) is 2.65. The molecular formula is C15H22N2O. The van der Waals surface area contributed by atoms with Crippen molar-refractivity contribution in [2.45, 2.75) is 51.6 Å². The highest BCUT2D eigenvalue weighted by atomic mass is 16.2. The summed E-state index contributed by atoms with van der Waals surface area (Å²) >= 11 is 0. The number of aryl methyl sites for hydroxylation is 1. The second-order valence-corrected chi connectivity index (χ2v) is 5.07. The highest BCUT2D eigenvalue weighted by molar-refractivity contribution is 5.74. The van der Waals surface area contributed by atoms with E-state index in [1.54, 1.807) is 0 Å². The Morgan fingerprint density at radius 2 is 2.22 bits per heavy atom. The van der Waals surface area contributed by atoms with Gasteiger partial charge in [-0.25, -0.2) is 4.79 Å². The highest BCUT2D eigenvalue weighted by Gasteiger charge is 2.21. The molecule has 3 nitrogen and oxygen atoms in total. The average molecular weight is 246 g/mol. The smallest absolute Gasteiger partial charge is 0.315 e. The van der Waals surface area contributed by atoms with Crippen LogP contribution in [0.15, 0.2) is 24.3 Å². The standard InChI is InChI=1S/C15H22N2O/c1-3-11(2)16-15(18)17-14-10-6-8-12-7-4-5-9-13(12)14/h4-5,7,9,11,14H,3,6,8,10H2,1-2H3,(H2,16,17,18)/t11-,14+/m1/s1. The molecule has 2 atom stereocenters. The van der Waals surface area contributed by atoms with E-state index in [-0.39, 0.29) is 18.1 Å². The van der Waals surface area contributed by atoms with Crippen LogP contribution >= 0.6 is 0 Å². The minimum atomic E-state index is -0.0500. The quantitative estimate of drug-likeness (QED) is 0.845. The van der Waals surface area contributed by atoms with Crippen LogP contribution in [0, 0.1) is 0 Å². The number of urea groups is 1. The SMILES string of the molecule is CC[C@@H](C)NC(=O)N[C@H]1CCCc2ccccc21. The third kappa shape index (κ3) is 3.03. The number of carbonyl (C=O) groups is 1. The van der Waals surface area contributed by atoms with Gasteiger partial charge < -0.3 is 10.6 Å². The molecule has 0 unspecified atom stereocenters. The largest absolute Gasteiger partial charge is 0.336 e. The van der Waals surface area contributed by atoms with Crippen LogP contribution in [-0.2, 0) is 6.42 Å². The van der Waals surface area contributed by atoms with E-state index < -0.39 is 0 Å². The fraction of sp³-hybridized carbons (Fsp3) is 0.533. The molecular weight excluding hydrogens is 224 g/mol. The molecule has 3 heteroatoms. The van der Waals surface area contributed by atoms with Crippen molar-refractivity contribution in [3.8, 4) is 0 Å². The van der Waals surface area contributed by atoms with E-state index in [1.165, 1.54) is 11.1 Å². The minimum Gasteiger partial charge on any atom is -0.336 e. The first-order chi connectivity index (χ1) is 8.70. The van der Waals surface area contributed by atoms with Gasteiger partial charge >= 0.3 is 6.03 Å². The summed E-state index contributed by atoms with van der Waals surface area (Å²) in [7, 11) is 0. The number of rotatable bonds is 3. The van der Waals surface area contributed by atoms with Gasteiger partial charge in [-0.05, 0) is 43.7 Å². The van der Waals surface area contributed by atoms with E-state index in [0.717, 1.165) is 25.7 Å². The number of amides is 2. The van der Waals surface area contributed by atoms with Crippen LogP contribution in [0.2, 0.25) is 0 Å². The van der Waals surface area contributed by atoms with Crippen molar-refractivity contribution < 1.29 is 4.79 Å². The van der Waals surface area contributed by atoms with Gasteiger partial charge in [-0.2, -0.15) is 0 Å². The van der Waals surface area contributed by atoms with E-state index >= 15 is 0 Å². The Kier molecular flexibility index (Phi) is 4.24. The summed E-state index contributed by atoms with van der Waals surface area (Å²) in [6.07, 6.45) is 4.26. The highest BCUT2D eigenvalue weighted by Crippen LogP contribution is 2.29. The zero-order chi connectivity index (χ0) is 13.0. The number of hydrogen-bond donors (Lipinski definition) is 2. The van der Waals surface area contributed by atoms with Crippen LogP contribution in [-0.4, -0.2) is 12.1 Å². The fourth-order valence-corrected chi connectivity index (χ4v) is 2.43. The lowest BCUT2D eigenvalue weighted by atomic mass is 9.88. The Hall–Kier alpha value is -1.51. The van der Waals surface area contributed by atoms with Crippen molar-refractivity contribution in [3.05, 3.63) is 35.4 Å². The molecule has 0 saturated carbocycles. The predicted molar refractivity (Wildman–Crippen MR) is 73.5 cm³/mol. The molecule has 1 aliphatic rings. The molecule has 0 spiro atoms. The van der Waals surface area contributed by atoms with Crippen LogP contribution in [0.25, 0.3) is 0 Å².